The summed E-state index contributed by atoms with van der Waals surface area (Å²) in [4.78, 5) is 11.5. The maximum absolute atomic E-state index is 11.5. The first kappa shape index (κ1) is 11.5. The maximum Gasteiger partial charge on any atom is 0.252 e. The summed E-state index contributed by atoms with van der Waals surface area (Å²) in [6, 6.07) is 7.02. The maximum atomic E-state index is 11.5. The minimum Gasteiger partial charge on any atom is -0.352 e. The molecule has 0 fully saturated rings. The molecule has 76 valence electrons. The van der Waals surface area contributed by atoms with E-state index >= 15 is 0 Å². The van der Waals surface area contributed by atoms with E-state index in [1.807, 2.05) is 0 Å². The van der Waals surface area contributed by atoms with Crippen LogP contribution in [0.4, 0.5) is 0 Å². The Balaban J connectivity index is 2.56. The Kier molecular flexibility index (Phi) is 4.98. The fraction of sp³-hybridized carbons (Fsp3) is 0.300. The summed E-state index contributed by atoms with van der Waals surface area (Å²) in [6.45, 7) is 0.662. The lowest BCUT2D eigenvalue weighted by molar-refractivity contribution is 0.0954. The summed E-state index contributed by atoms with van der Waals surface area (Å²) >= 11 is 9.15. The topological polar surface area (TPSA) is 29.1 Å². The van der Waals surface area contributed by atoms with E-state index in [0.29, 0.717) is 17.1 Å². The van der Waals surface area contributed by atoms with Gasteiger partial charge in [0.15, 0.2) is 0 Å². The van der Waals surface area contributed by atoms with Crippen LogP contribution in [0.25, 0.3) is 0 Å². The molecule has 0 aliphatic carbocycles. The predicted octanol–water partition coefficient (Wildman–Crippen LogP) is 2.85. The van der Waals surface area contributed by atoms with Gasteiger partial charge in [-0.05, 0) is 18.6 Å². The summed E-state index contributed by atoms with van der Waals surface area (Å²) in [7, 11) is 0. The molecule has 0 saturated carbocycles. The van der Waals surface area contributed by atoms with Gasteiger partial charge in [0.25, 0.3) is 5.91 Å². The van der Waals surface area contributed by atoms with Gasteiger partial charge in [0.1, 0.15) is 0 Å². The zero-order valence-electron chi connectivity index (χ0n) is 7.59. The second kappa shape index (κ2) is 6.04. The van der Waals surface area contributed by atoms with Crippen molar-refractivity contribution in [2.75, 3.05) is 11.9 Å². The van der Waals surface area contributed by atoms with E-state index in [-0.39, 0.29) is 5.91 Å². The van der Waals surface area contributed by atoms with Gasteiger partial charge in [-0.1, -0.05) is 39.7 Å². The van der Waals surface area contributed by atoms with Crippen LogP contribution in [0.1, 0.15) is 16.8 Å². The van der Waals surface area contributed by atoms with Crippen molar-refractivity contribution in [3.8, 4) is 0 Å². The van der Waals surface area contributed by atoms with Crippen LogP contribution in [0.15, 0.2) is 24.3 Å². The summed E-state index contributed by atoms with van der Waals surface area (Å²) in [6.07, 6.45) is 0.913. The molecule has 0 aliphatic heterocycles. The van der Waals surface area contributed by atoms with Gasteiger partial charge in [-0.25, -0.2) is 0 Å². The number of carbonyl (C=O) groups excluding carboxylic acids is 1. The molecule has 0 spiro atoms. The molecule has 0 heterocycles. The number of nitrogens with one attached hydrogen (secondary N) is 1. The van der Waals surface area contributed by atoms with E-state index in [1.54, 1.807) is 24.3 Å². The number of carbonyl (C=O) groups is 1. The van der Waals surface area contributed by atoms with Crippen LogP contribution in [0.3, 0.4) is 0 Å². The summed E-state index contributed by atoms with van der Waals surface area (Å²) < 4.78 is 0. The zero-order valence-corrected chi connectivity index (χ0v) is 9.94. The quantitative estimate of drug-likeness (QED) is 0.665. The minimum atomic E-state index is -0.114. The molecule has 4 heteroatoms. The zero-order chi connectivity index (χ0) is 10.4. The molecular weight excluding hydrogens is 265 g/mol. The third kappa shape index (κ3) is 3.31. The second-order valence-corrected chi connectivity index (χ2v) is 3.98. The average Bonchev–Trinajstić information content (AvgIpc) is 2.18. The highest BCUT2D eigenvalue weighted by atomic mass is 79.9. The van der Waals surface area contributed by atoms with Crippen LogP contribution in [0.2, 0.25) is 5.02 Å². The predicted molar refractivity (Wildman–Crippen MR) is 62.2 cm³/mol. The lowest BCUT2D eigenvalue weighted by atomic mass is 10.2. The van der Waals surface area contributed by atoms with Crippen molar-refractivity contribution in [1.82, 2.24) is 5.32 Å². The molecule has 1 amide bonds. The van der Waals surface area contributed by atoms with E-state index in [4.69, 9.17) is 11.6 Å². The summed E-state index contributed by atoms with van der Waals surface area (Å²) in [5.41, 5.74) is 0.531. The van der Waals surface area contributed by atoms with Crippen molar-refractivity contribution in [2.45, 2.75) is 6.42 Å². The van der Waals surface area contributed by atoms with Crippen LogP contribution in [-0.4, -0.2) is 17.8 Å². The smallest absolute Gasteiger partial charge is 0.252 e. The molecule has 1 aromatic carbocycles. The molecule has 0 radical (unpaired) electrons. The van der Waals surface area contributed by atoms with Gasteiger partial charge in [0.2, 0.25) is 0 Å². The Morgan fingerprint density at radius 3 is 2.79 bits per heavy atom. The van der Waals surface area contributed by atoms with Crippen molar-refractivity contribution in [3.05, 3.63) is 34.9 Å². The van der Waals surface area contributed by atoms with Gasteiger partial charge in [-0.3, -0.25) is 4.79 Å². The van der Waals surface area contributed by atoms with Crippen LogP contribution in [-0.2, 0) is 0 Å². The van der Waals surface area contributed by atoms with Crippen LogP contribution in [0, 0.1) is 0 Å². The molecule has 0 aliphatic rings. The normalized spacial score (nSPS) is 9.86. The number of alkyl halides is 1. The van der Waals surface area contributed by atoms with Crippen LogP contribution < -0.4 is 5.32 Å². The first-order chi connectivity index (χ1) is 6.75. The fourth-order valence-electron chi connectivity index (χ4n) is 1.01. The number of halogens is 2. The van der Waals surface area contributed by atoms with Gasteiger partial charge >= 0.3 is 0 Å². The Hall–Kier alpha value is -0.540. The Morgan fingerprint density at radius 1 is 1.43 bits per heavy atom. The Bertz CT molecular complexity index is 317. The number of hydrogen-bond donors (Lipinski definition) is 1. The number of hydrogen-bond acceptors (Lipinski definition) is 1. The number of benzene rings is 1. The minimum absolute atomic E-state index is 0.114. The molecule has 0 aromatic heterocycles. The SMILES string of the molecule is O=C(NCCCBr)c1ccccc1Cl. The van der Waals surface area contributed by atoms with E-state index in [2.05, 4.69) is 21.2 Å². The molecular formula is C10H11BrClNO. The Morgan fingerprint density at radius 2 is 2.14 bits per heavy atom. The first-order valence-corrected chi connectivity index (χ1v) is 5.84. The van der Waals surface area contributed by atoms with Gasteiger partial charge in [0.05, 0.1) is 10.6 Å². The Labute approximate surface area is 96.8 Å². The van der Waals surface area contributed by atoms with Gasteiger partial charge in [-0.2, -0.15) is 0 Å². The highest BCUT2D eigenvalue weighted by molar-refractivity contribution is 9.09. The van der Waals surface area contributed by atoms with Crippen molar-refractivity contribution in [3.63, 3.8) is 0 Å². The van der Waals surface area contributed by atoms with Gasteiger partial charge in [-0.15, -0.1) is 0 Å². The van der Waals surface area contributed by atoms with Crippen molar-refractivity contribution in [2.24, 2.45) is 0 Å². The third-order valence-corrected chi connectivity index (χ3v) is 2.60. The lowest BCUT2D eigenvalue weighted by Crippen LogP contribution is -2.24. The van der Waals surface area contributed by atoms with Crippen molar-refractivity contribution in [1.29, 1.82) is 0 Å². The molecule has 0 unspecified atom stereocenters. The highest BCUT2D eigenvalue weighted by Crippen LogP contribution is 2.14. The largest absolute Gasteiger partial charge is 0.352 e. The van der Waals surface area contributed by atoms with E-state index < -0.39 is 0 Å². The number of rotatable bonds is 4. The van der Waals surface area contributed by atoms with Crippen LogP contribution >= 0.6 is 27.5 Å². The third-order valence-electron chi connectivity index (χ3n) is 1.71. The molecule has 1 aromatic rings. The molecule has 0 bridgehead atoms. The molecule has 2 nitrogen and oxygen atoms in total. The molecule has 0 atom stereocenters. The molecule has 1 N–H and O–H groups in total. The fourth-order valence-corrected chi connectivity index (χ4v) is 1.51. The molecule has 0 saturated heterocycles. The monoisotopic (exact) mass is 275 g/mol. The molecule has 14 heavy (non-hydrogen) atoms. The second-order valence-electron chi connectivity index (χ2n) is 2.78. The van der Waals surface area contributed by atoms with Gasteiger partial charge in [0, 0.05) is 11.9 Å². The van der Waals surface area contributed by atoms with E-state index in [9.17, 15) is 4.79 Å². The number of amides is 1. The van der Waals surface area contributed by atoms with Crippen LogP contribution in [0.5, 0.6) is 0 Å². The lowest BCUT2D eigenvalue weighted by Gasteiger charge is -2.04. The molecule has 1 rings (SSSR count). The summed E-state index contributed by atoms with van der Waals surface area (Å²) in [5, 5.41) is 4.16. The van der Waals surface area contributed by atoms with Gasteiger partial charge < -0.3 is 5.32 Å². The average molecular weight is 277 g/mol. The van der Waals surface area contributed by atoms with E-state index in [1.165, 1.54) is 0 Å². The van der Waals surface area contributed by atoms with E-state index in [0.717, 1.165) is 11.8 Å². The summed E-state index contributed by atoms with van der Waals surface area (Å²) in [5.74, 6) is -0.114. The first-order valence-electron chi connectivity index (χ1n) is 4.34. The van der Waals surface area contributed by atoms with Crippen molar-refractivity contribution >= 4 is 33.4 Å². The standard InChI is InChI=1S/C10H11BrClNO/c11-6-3-7-13-10(14)8-4-1-2-5-9(8)12/h1-2,4-5H,3,6-7H2,(H,13,14). The highest BCUT2D eigenvalue weighted by Gasteiger charge is 2.07. The van der Waals surface area contributed by atoms with Crippen molar-refractivity contribution < 1.29 is 4.79 Å².